The Morgan fingerprint density at radius 1 is 1.19 bits per heavy atom. The van der Waals surface area contributed by atoms with Crippen LogP contribution < -0.4 is 10.6 Å². The van der Waals surface area contributed by atoms with Crippen LogP contribution in [0.3, 0.4) is 0 Å². The summed E-state index contributed by atoms with van der Waals surface area (Å²) in [5, 5.41) is 6.19. The van der Waals surface area contributed by atoms with Crippen LogP contribution in [0.25, 0.3) is 10.9 Å². The van der Waals surface area contributed by atoms with E-state index in [1.165, 1.54) is 0 Å². The third-order valence-corrected chi connectivity index (χ3v) is 4.34. The van der Waals surface area contributed by atoms with Gasteiger partial charge in [0.1, 0.15) is 0 Å². The smallest absolute Gasteiger partial charge is 0.313 e. The molecule has 1 aliphatic rings. The molecule has 0 saturated carbocycles. The molecule has 1 aliphatic heterocycles. The lowest BCUT2D eigenvalue weighted by Crippen LogP contribution is -2.39. The van der Waals surface area contributed by atoms with E-state index in [1.807, 2.05) is 31.2 Å². The van der Waals surface area contributed by atoms with E-state index in [-0.39, 0.29) is 0 Å². The van der Waals surface area contributed by atoms with Crippen molar-refractivity contribution in [3.8, 4) is 0 Å². The molecule has 2 amide bonds. The Morgan fingerprint density at radius 3 is 2.77 bits per heavy atom. The van der Waals surface area contributed by atoms with E-state index < -0.39 is 11.8 Å². The molecule has 0 aliphatic carbocycles. The van der Waals surface area contributed by atoms with Gasteiger partial charge in [-0.1, -0.05) is 18.2 Å². The van der Waals surface area contributed by atoms with E-state index in [2.05, 4.69) is 20.5 Å². The monoisotopic (exact) mass is 356 g/mol. The van der Waals surface area contributed by atoms with Gasteiger partial charge in [0.05, 0.1) is 24.4 Å². The maximum Gasteiger partial charge on any atom is 0.313 e. The third kappa shape index (κ3) is 4.77. The number of anilines is 1. The van der Waals surface area contributed by atoms with Crippen molar-refractivity contribution in [2.75, 3.05) is 44.7 Å². The van der Waals surface area contributed by atoms with Gasteiger partial charge < -0.3 is 15.4 Å². The molecule has 0 atom stereocenters. The Labute approximate surface area is 152 Å². The third-order valence-electron chi connectivity index (χ3n) is 4.34. The van der Waals surface area contributed by atoms with Gasteiger partial charge in [-0.25, -0.2) is 0 Å². The zero-order valence-corrected chi connectivity index (χ0v) is 15.0. The Morgan fingerprint density at radius 2 is 1.96 bits per heavy atom. The van der Waals surface area contributed by atoms with Crippen LogP contribution in [0, 0.1) is 6.92 Å². The summed E-state index contributed by atoms with van der Waals surface area (Å²) in [5.74, 6) is -1.28. The molecule has 2 N–H and O–H groups in total. The normalized spacial score (nSPS) is 15.0. The number of hydrogen-bond acceptors (Lipinski definition) is 5. The van der Waals surface area contributed by atoms with E-state index in [0.717, 1.165) is 55.9 Å². The van der Waals surface area contributed by atoms with Crippen molar-refractivity contribution in [1.82, 2.24) is 15.2 Å². The molecule has 1 aromatic heterocycles. The van der Waals surface area contributed by atoms with Crippen LogP contribution in [0.5, 0.6) is 0 Å². The summed E-state index contributed by atoms with van der Waals surface area (Å²) in [6.07, 6.45) is 0.802. The number of morpholine rings is 1. The predicted octanol–water partition coefficient (Wildman–Crippen LogP) is 1.32. The first-order valence-electron chi connectivity index (χ1n) is 8.89. The topological polar surface area (TPSA) is 83.6 Å². The molecule has 2 aromatic rings. The number of hydrogen-bond donors (Lipinski definition) is 2. The highest BCUT2D eigenvalue weighted by Crippen LogP contribution is 2.22. The van der Waals surface area contributed by atoms with Crippen LogP contribution in [-0.4, -0.2) is 61.1 Å². The average Bonchev–Trinajstić information content (AvgIpc) is 2.65. The number of nitrogens with one attached hydrogen (secondary N) is 2. The van der Waals surface area contributed by atoms with E-state index >= 15 is 0 Å². The number of aromatic nitrogens is 1. The zero-order chi connectivity index (χ0) is 18.4. The van der Waals surface area contributed by atoms with Gasteiger partial charge in [-0.05, 0) is 32.0 Å². The van der Waals surface area contributed by atoms with Gasteiger partial charge in [-0.2, -0.15) is 0 Å². The number of para-hydroxylation sites is 1. The summed E-state index contributed by atoms with van der Waals surface area (Å²) < 4.78 is 5.30. The molecular formula is C19H24N4O3. The highest BCUT2D eigenvalue weighted by Gasteiger charge is 2.15. The second-order valence-corrected chi connectivity index (χ2v) is 6.35. The SMILES string of the molecule is Cc1cc(NC(=O)C(=O)NCCCN2CCOCC2)c2ccccc2n1. The molecule has 26 heavy (non-hydrogen) atoms. The second-order valence-electron chi connectivity index (χ2n) is 6.35. The molecule has 2 heterocycles. The number of benzene rings is 1. The van der Waals surface area contributed by atoms with Crippen molar-refractivity contribution in [3.63, 3.8) is 0 Å². The number of fused-ring (bicyclic) bond motifs is 1. The van der Waals surface area contributed by atoms with Crippen LogP contribution in [0.4, 0.5) is 5.69 Å². The molecule has 0 spiro atoms. The van der Waals surface area contributed by atoms with E-state index in [4.69, 9.17) is 4.74 Å². The number of rotatable bonds is 5. The van der Waals surface area contributed by atoms with Crippen molar-refractivity contribution >= 4 is 28.4 Å². The van der Waals surface area contributed by atoms with Gasteiger partial charge in [0, 0.05) is 30.7 Å². The summed E-state index contributed by atoms with van der Waals surface area (Å²) in [6, 6.07) is 9.29. The van der Waals surface area contributed by atoms with Gasteiger partial charge in [0.2, 0.25) is 0 Å². The first-order chi connectivity index (χ1) is 12.6. The summed E-state index contributed by atoms with van der Waals surface area (Å²) >= 11 is 0. The van der Waals surface area contributed by atoms with E-state index in [9.17, 15) is 9.59 Å². The van der Waals surface area contributed by atoms with Crippen molar-refractivity contribution < 1.29 is 14.3 Å². The van der Waals surface area contributed by atoms with Gasteiger partial charge in [-0.3, -0.25) is 19.5 Å². The van der Waals surface area contributed by atoms with Crippen LogP contribution in [0.1, 0.15) is 12.1 Å². The Hall–Kier alpha value is -2.51. The molecule has 138 valence electrons. The van der Waals surface area contributed by atoms with Crippen LogP contribution >= 0.6 is 0 Å². The highest BCUT2D eigenvalue weighted by atomic mass is 16.5. The van der Waals surface area contributed by atoms with E-state index in [1.54, 1.807) is 6.07 Å². The molecule has 1 fully saturated rings. The maximum absolute atomic E-state index is 12.2. The Kier molecular flexibility index (Phi) is 6.14. The quantitative estimate of drug-likeness (QED) is 0.624. The van der Waals surface area contributed by atoms with Gasteiger partial charge >= 0.3 is 11.8 Å². The number of carbonyl (C=O) groups is 2. The lowest BCUT2D eigenvalue weighted by molar-refractivity contribution is -0.136. The average molecular weight is 356 g/mol. The molecule has 3 rings (SSSR count). The minimum atomic E-state index is -0.660. The largest absolute Gasteiger partial charge is 0.379 e. The molecule has 0 bridgehead atoms. The maximum atomic E-state index is 12.2. The molecular weight excluding hydrogens is 332 g/mol. The van der Waals surface area contributed by atoms with Crippen LogP contribution in [-0.2, 0) is 14.3 Å². The number of aryl methyl sites for hydroxylation is 1. The fourth-order valence-electron chi connectivity index (χ4n) is 3.00. The van der Waals surface area contributed by atoms with Crippen LogP contribution in [0.15, 0.2) is 30.3 Å². The minimum absolute atomic E-state index is 0.472. The summed E-state index contributed by atoms with van der Waals surface area (Å²) in [7, 11) is 0. The summed E-state index contributed by atoms with van der Waals surface area (Å²) in [4.78, 5) is 31.0. The number of carbonyl (C=O) groups excluding carboxylic acids is 2. The number of ether oxygens (including phenoxy) is 1. The van der Waals surface area contributed by atoms with Gasteiger partial charge in [0.25, 0.3) is 0 Å². The first kappa shape index (κ1) is 18.3. The fraction of sp³-hybridized carbons (Fsp3) is 0.421. The lowest BCUT2D eigenvalue weighted by atomic mass is 10.1. The van der Waals surface area contributed by atoms with Crippen molar-refractivity contribution in [2.24, 2.45) is 0 Å². The van der Waals surface area contributed by atoms with Crippen LogP contribution in [0.2, 0.25) is 0 Å². The summed E-state index contributed by atoms with van der Waals surface area (Å²) in [6.45, 7) is 6.57. The first-order valence-corrected chi connectivity index (χ1v) is 8.89. The molecule has 1 aromatic carbocycles. The van der Waals surface area contributed by atoms with Crippen molar-refractivity contribution in [3.05, 3.63) is 36.0 Å². The van der Waals surface area contributed by atoms with Gasteiger partial charge in [0.15, 0.2) is 0 Å². The molecule has 0 radical (unpaired) electrons. The second kappa shape index (κ2) is 8.73. The standard InChI is InChI=1S/C19H24N4O3/c1-14-13-17(15-5-2-3-6-16(15)21-14)22-19(25)18(24)20-7-4-8-23-9-11-26-12-10-23/h2-3,5-6,13H,4,7-12H2,1H3,(H,20,24)(H,21,22,25). The molecule has 7 nitrogen and oxygen atoms in total. The fourth-order valence-corrected chi connectivity index (χ4v) is 3.00. The molecule has 7 heteroatoms. The number of nitrogens with zero attached hydrogens (tertiary/aromatic N) is 2. The molecule has 1 saturated heterocycles. The minimum Gasteiger partial charge on any atom is -0.379 e. The lowest BCUT2D eigenvalue weighted by Gasteiger charge is -2.26. The zero-order valence-electron chi connectivity index (χ0n) is 15.0. The Bertz CT molecular complexity index is 787. The van der Waals surface area contributed by atoms with E-state index in [0.29, 0.717) is 12.2 Å². The number of amides is 2. The van der Waals surface area contributed by atoms with Gasteiger partial charge in [-0.15, -0.1) is 0 Å². The predicted molar refractivity (Wildman–Crippen MR) is 100.0 cm³/mol. The summed E-state index contributed by atoms with van der Waals surface area (Å²) in [5.41, 5.74) is 2.17. The number of pyridine rings is 1. The Balaban J connectivity index is 1.50. The van der Waals surface area contributed by atoms with Crippen molar-refractivity contribution in [2.45, 2.75) is 13.3 Å². The molecule has 0 unspecified atom stereocenters. The van der Waals surface area contributed by atoms with Crippen molar-refractivity contribution in [1.29, 1.82) is 0 Å². The highest BCUT2D eigenvalue weighted by molar-refractivity contribution is 6.40.